The van der Waals surface area contributed by atoms with Gasteiger partial charge in [0.05, 0.1) is 11.3 Å². The van der Waals surface area contributed by atoms with E-state index in [1.807, 2.05) is 53.9 Å². The molecule has 0 saturated carbocycles. The van der Waals surface area contributed by atoms with Crippen LogP contribution in [0.2, 0.25) is 0 Å². The summed E-state index contributed by atoms with van der Waals surface area (Å²) in [5.41, 5.74) is 7.93. The second kappa shape index (κ2) is 7.62. The Morgan fingerprint density at radius 2 is 1.86 bits per heavy atom. The Labute approximate surface area is 165 Å². The molecule has 0 saturated heterocycles. The molecule has 1 amide bonds. The lowest BCUT2D eigenvalue weighted by Crippen LogP contribution is -2.10. The number of aromatic nitrogens is 1. The van der Waals surface area contributed by atoms with Crippen LogP contribution in [0.1, 0.15) is 26.4 Å². The van der Waals surface area contributed by atoms with Crippen LogP contribution in [0.25, 0.3) is 21.3 Å². The Balaban J connectivity index is 1.53. The highest BCUT2D eigenvalue weighted by molar-refractivity contribution is 7.13. The van der Waals surface area contributed by atoms with Crippen molar-refractivity contribution in [1.29, 1.82) is 0 Å². The van der Waals surface area contributed by atoms with Gasteiger partial charge in [-0.2, -0.15) is 0 Å². The van der Waals surface area contributed by atoms with Crippen LogP contribution in [-0.2, 0) is 6.61 Å². The van der Waals surface area contributed by atoms with Crippen molar-refractivity contribution in [3.63, 3.8) is 0 Å². The first-order chi connectivity index (χ1) is 13.7. The quantitative estimate of drug-likeness (QED) is 0.495. The summed E-state index contributed by atoms with van der Waals surface area (Å²) < 4.78 is 5.87. The molecule has 4 rings (SSSR count). The monoisotopic (exact) mass is 388 g/mol. The lowest BCUT2D eigenvalue weighted by molar-refractivity contribution is 0.0999. The number of benzene rings is 3. The number of fused-ring (bicyclic) bond motifs is 1. The van der Waals surface area contributed by atoms with Crippen molar-refractivity contribution in [2.75, 3.05) is 0 Å². The number of nitrogens with two attached hydrogens (primary N) is 1. The molecule has 0 aliphatic rings. The van der Waals surface area contributed by atoms with Crippen molar-refractivity contribution < 1.29 is 14.3 Å². The van der Waals surface area contributed by atoms with E-state index in [4.69, 9.17) is 10.5 Å². The Bertz CT molecular complexity index is 1170. The van der Waals surface area contributed by atoms with E-state index in [1.54, 1.807) is 12.1 Å². The van der Waals surface area contributed by atoms with Gasteiger partial charge in [-0.1, -0.05) is 42.5 Å². The summed E-state index contributed by atoms with van der Waals surface area (Å²) in [6, 6.07) is 18.4. The fourth-order valence-electron chi connectivity index (χ4n) is 2.96. The van der Waals surface area contributed by atoms with Gasteiger partial charge in [0.15, 0.2) is 6.29 Å². The van der Waals surface area contributed by atoms with Gasteiger partial charge in [-0.3, -0.25) is 9.59 Å². The number of thiazole rings is 1. The summed E-state index contributed by atoms with van der Waals surface area (Å²) in [5, 5.41) is 4.60. The minimum absolute atomic E-state index is 0.259. The number of amides is 1. The highest BCUT2D eigenvalue weighted by Crippen LogP contribution is 2.28. The van der Waals surface area contributed by atoms with Crippen molar-refractivity contribution in [3.8, 4) is 16.3 Å². The fourth-order valence-corrected chi connectivity index (χ4v) is 3.77. The Hall–Kier alpha value is -3.51. The molecule has 28 heavy (non-hydrogen) atoms. The average Bonchev–Trinajstić information content (AvgIpc) is 3.21. The first-order valence-electron chi connectivity index (χ1n) is 8.60. The highest BCUT2D eigenvalue weighted by Gasteiger charge is 2.10. The molecule has 1 heterocycles. The number of nitrogens with zero attached hydrogens (tertiary/aromatic N) is 1. The lowest BCUT2D eigenvalue weighted by Gasteiger charge is -2.09. The summed E-state index contributed by atoms with van der Waals surface area (Å²) in [5.74, 6) is 0.0789. The highest BCUT2D eigenvalue weighted by atomic mass is 32.1. The molecule has 0 unspecified atom stereocenters. The third-order valence-electron chi connectivity index (χ3n) is 4.39. The van der Waals surface area contributed by atoms with Crippen molar-refractivity contribution in [2.45, 2.75) is 6.61 Å². The molecule has 0 fully saturated rings. The second-order valence-electron chi connectivity index (χ2n) is 6.19. The number of rotatable bonds is 6. The van der Waals surface area contributed by atoms with Crippen LogP contribution in [0.4, 0.5) is 0 Å². The lowest BCUT2D eigenvalue weighted by atomic mass is 10.0. The molecule has 3 aromatic carbocycles. The molecule has 6 heteroatoms. The largest absolute Gasteiger partial charge is 0.486 e. The number of hydrogen-bond acceptors (Lipinski definition) is 5. The molecule has 2 N–H and O–H groups in total. The van der Waals surface area contributed by atoms with Crippen molar-refractivity contribution >= 4 is 34.3 Å². The maximum atomic E-state index is 11.6. The first kappa shape index (κ1) is 17.9. The van der Waals surface area contributed by atoms with Crippen LogP contribution in [0.15, 0.2) is 66.0 Å². The van der Waals surface area contributed by atoms with Crippen LogP contribution in [-0.4, -0.2) is 17.2 Å². The third-order valence-corrected chi connectivity index (χ3v) is 5.33. The van der Waals surface area contributed by atoms with Crippen LogP contribution in [0, 0.1) is 0 Å². The number of primary amides is 1. The number of hydrogen-bond donors (Lipinski definition) is 1. The summed E-state index contributed by atoms with van der Waals surface area (Å²) >= 11 is 1.49. The van der Waals surface area contributed by atoms with E-state index in [9.17, 15) is 9.59 Å². The Morgan fingerprint density at radius 1 is 1.07 bits per heavy atom. The predicted octanol–water partition coefficient (Wildman–Crippen LogP) is 4.45. The number of carbonyl (C=O) groups excluding carboxylic acids is 2. The summed E-state index contributed by atoms with van der Waals surface area (Å²) in [4.78, 5) is 27.3. The van der Waals surface area contributed by atoms with E-state index < -0.39 is 5.91 Å². The summed E-state index contributed by atoms with van der Waals surface area (Å²) in [6.45, 7) is 0.259. The molecule has 0 bridgehead atoms. The molecule has 5 nitrogen and oxygen atoms in total. The van der Waals surface area contributed by atoms with E-state index >= 15 is 0 Å². The summed E-state index contributed by atoms with van der Waals surface area (Å²) in [6.07, 6.45) is 0.824. The topological polar surface area (TPSA) is 82.3 Å². The van der Waals surface area contributed by atoms with Crippen LogP contribution in [0.3, 0.4) is 0 Å². The van der Waals surface area contributed by atoms with E-state index in [1.165, 1.54) is 11.3 Å². The molecule has 1 aromatic heterocycles. The maximum absolute atomic E-state index is 11.6. The van der Waals surface area contributed by atoms with Gasteiger partial charge < -0.3 is 10.5 Å². The molecule has 0 atom stereocenters. The zero-order chi connectivity index (χ0) is 19.5. The van der Waals surface area contributed by atoms with Crippen molar-refractivity contribution in [1.82, 2.24) is 4.98 Å². The molecular weight excluding hydrogens is 372 g/mol. The normalized spacial score (nSPS) is 10.7. The zero-order valence-electron chi connectivity index (χ0n) is 14.8. The van der Waals surface area contributed by atoms with Gasteiger partial charge in [0, 0.05) is 16.5 Å². The number of aldehydes is 1. The van der Waals surface area contributed by atoms with Gasteiger partial charge in [0.25, 0.3) is 0 Å². The van der Waals surface area contributed by atoms with Crippen molar-refractivity contribution in [2.24, 2.45) is 5.73 Å². The maximum Gasteiger partial charge on any atom is 0.248 e. The minimum atomic E-state index is -0.457. The molecule has 0 aliphatic carbocycles. The van der Waals surface area contributed by atoms with Crippen LogP contribution in [0.5, 0.6) is 5.75 Å². The van der Waals surface area contributed by atoms with E-state index in [2.05, 4.69) is 4.98 Å². The molecule has 4 aromatic rings. The van der Waals surface area contributed by atoms with Gasteiger partial charge in [-0.25, -0.2) is 4.98 Å². The number of ether oxygens (including phenoxy) is 1. The van der Waals surface area contributed by atoms with Gasteiger partial charge in [0.1, 0.15) is 17.4 Å². The standard InChI is InChI=1S/C22H16N2O3S/c23-21(26)15-5-7-16(8-6-15)22-24-17(13-28-22)12-27-20-10-9-14-3-1-2-4-18(14)19(20)11-25/h1-11,13H,12H2,(H2,23,26). The first-order valence-corrected chi connectivity index (χ1v) is 9.48. The van der Waals surface area contributed by atoms with Gasteiger partial charge in [0.2, 0.25) is 5.91 Å². The molecule has 0 radical (unpaired) electrons. The Morgan fingerprint density at radius 3 is 2.61 bits per heavy atom. The van der Waals surface area contributed by atoms with E-state index in [0.717, 1.165) is 33.3 Å². The van der Waals surface area contributed by atoms with Gasteiger partial charge in [-0.05, 0) is 29.0 Å². The predicted molar refractivity (Wildman–Crippen MR) is 110 cm³/mol. The third kappa shape index (κ3) is 3.50. The zero-order valence-corrected chi connectivity index (χ0v) is 15.6. The smallest absolute Gasteiger partial charge is 0.248 e. The molecule has 138 valence electrons. The Kier molecular flexibility index (Phi) is 4.87. The van der Waals surface area contributed by atoms with Crippen LogP contribution >= 0.6 is 11.3 Å². The van der Waals surface area contributed by atoms with E-state index in [-0.39, 0.29) is 6.61 Å². The SMILES string of the molecule is NC(=O)c1ccc(-c2nc(COc3ccc4ccccc4c3C=O)cs2)cc1. The molecule has 0 aliphatic heterocycles. The fraction of sp³-hybridized carbons (Fsp3) is 0.0455. The van der Waals surface area contributed by atoms with Gasteiger partial charge in [-0.15, -0.1) is 11.3 Å². The summed E-state index contributed by atoms with van der Waals surface area (Å²) in [7, 11) is 0. The minimum Gasteiger partial charge on any atom is -0.486 e. The van der Waals surface area contributed by atoms with Crippen LogP contribution < -0.4 is 10.5 Å². The average molecular weight is 388 g/mol. The number of carbonyl (C=O) groups is 2. The van der Waals surface area contributed by atoms with Gasteiger partial charge >= 0.3 is 0 Å². The van der Waals surface area contributed by atoms with Crippen molar-refractivity contribution in [3.05, 3.63) is 82.9 Å². The molecule has 0 spiro atoms. The van der Waals surface area contributed by atoms with E-state index in [0.29, 0.717) is 16.9 Å². The second-order valence-corrected chi connectivity index (χ2v) is 7.05. The molecular formula is C22H16N2O3S.